The second kappa shape index (κ2) is 7.56. The van der Waals surface area contributed by atoms with Gasteiger partial charge in [-0.15, -0.1) is 0 Å². The number of carbonyl (C=O) groups excluding carboxylic acids is 1. The normalized spacial score (nSPS) is 10.7. The number of nitrogens with one attached hydrogen (secondary N) is 2. The Bertz CT molecular complexity index is 678. The lowest BCUT2D eigenvalue weighted by Gasteiger charge is -2.11. The van der Waals surface area contributed by atoms with E-state index in [1.165, 1.54) is 0 Å². The van der Waals surface area contributed by atoms with Gasteiger partial charge >= 0.3 is 0 Å². The van der Waals surface area contributed by atoms with Crippen LogP contribution < -0.4 is 10.9 Å². The number of amides is 1. The summed E-state index contributed by atoms with van der Waals surface area (Å²) in [6, 6.07) is 11.2. The highest BCUT2D eigenvalue weighted by Gasteiger charge is 2.16. The Morgan fingerprint density at radius 2 is 1.91 bits per heavy atom. The Labute approximate surface area is 130 Å². The van der Waals surface area contributed by atoms with Crippen LogP contribution in [0.2, 0.25) is 0 Å². The lowest BCUT2D eigenvalue weighted by molar-refractivity contribution is 0.0951. The molecule has 0 saturated carbocycles. The van der Waals surface area contributed by atoms with Gasteiger partial charge in [-0.2, -0.15) is 0 Å². The van der Waals surface area contributed by atoms with Gasteiger partial charge in [0, 0.05) is 18.3 Å². The SMILES string of the molecule is CN(C)CCCNC(=O)c1c(-c2ccccc2)cc[nH]c1=O. The maximum atomic E-state index is 12.4. The van der Waals surface area contributed by atoms with Crippen molar-refractivity contribution < 1.29 is 4.79 Å². The van der Waals surface area contributed by atoms with Crippen LogP contribution in [0.25, 0.3) is 11.1 Å². The number of carbonyl (C=O) groups is 1. The van der Waals surface area contributed by atoms with Crippen LogP contribution in [0.15, 0.2) is 47.4 Å². The zero-order valence-corrected chi connectivity index (χ0v) is 12.9. The van der Waals surface area contributed by atoms with Gasteiger partial charge < -0.3 is 15.2 Å². The molecule has 0 aliphatic carbocycles. The third-order valence-corrected chi connectivity index (χ3v) is 3.34. The average molecular weight is 299 g/mol. The summed E-state index contributed by atoms with van der Waals surface area (Å²) >= 11 is 0. The summed E-state index contributed by atoms with van der Waals surface area (Å²) in [4.78, 5) is 29.1. The van der Waals surface area contributed by atoms with Crippen LogP contribution in [0.1, 0.15) is 16.8 Å². The van der Waals surface area contributed by atoms with Gasteiger partial charge in [0.15, 0.2) is 0 Å². The second-order valence-corrected chi connectivity index (χ2v) is 5.37. The average Bonchev–Trinajstić information content (AvgIpc) is 2.51. The van der Waals surface area contributed by atoms with E-state index in [4.69, 9.17) is 0 Å². The minimum absolute atomic E-state index is 0.165. The molecule has 0 fully saturated rings. The molecule has 5 heteroatoms. The lowest BCUT2D eigenvalue weighted by atomic mass is 10.0. The summed E-state index contributed by atoms with van der Waals surface area (Å²) in [5.41, 5.74) is 1.30. The number of pyridine rings is 1. The molecule has 0 unspecified atom stereocenters. The Morgan fingerprint density at radius 3 is 2.59 bits per heavy atom. The molecule has 5 nitrogen and oxygen atoms in total. The topological polar surface area (TPSA) is 65.2 Å². The van der Waals surface area contributed by atoms with Crippen LogP contribution >= 0.6 is 0 Å². The van der Waals surface area contributed by atoms with E-state index < -0.39 is 0 Å². The highest BCUT2D eigenvalue weighted by molar-refractivity contribution is 6.00. The molecule has 1 aromatic carbocycles. The molecule has 0 bridgehead atoms. The first-order chi connectivity index (χ1) is 10.6. The van der Waals surface area contributed by atoms with Gasteiger partial charge in [-0.1, -0.05) is 30.3 Å². The van der Waals surface area contributed by atoms with Crippen molar-refractivity contribution in [3.63, 3.8) is 0 Å². The molecule has 0 aliphatic rings. The highest BCUT2D eigenvalue weighted by atomic mass is 16.2. The molecule has 2 N–H and O–H groups in total. The van der Waals surface area contributed by atoms with Crippen molar-refractivity contribution in [3.8, 4) is 11.1 Å². The number of benzene rings is 1. The summed E-state index contributed by atoms with van der Waals surface area (Å²) in [6.07, 6.45) is 2.40. The quantitative estimate of drug-likeness (QED) is 0.798. The zero-order valence-electron chi connectivity index (χ0n) is 12.9. The van der Waals surface area contributed by atoms with E-state index in [0.29, 0.717) is 12.1 Å². The van der Waals surface area contributed by atoms with Crippen molar-refractivity contribution in [1.82, 2.24) is 15.2 Å². The van der Waals surface area contributed by atoms with Crippen molar-refractivity contribution in [1.29, 1.82) is 0 Å². The maximum absolute atomic E-state index is 12.4. The predicted molar refractivity (Wildman–Crippen MR) is 88.0 cm³/mol. The molecular formula is C17H21N3O2. The van der Waals surface area contributed by atoms with E-state index in [9.17, 15) is 9.59 Å². The molecule has 2 aromatic rings. The molecular weight excluding hydrogens is 278 g/mol. The van der Waals surface area contributed by atoms with Crippen molar-refractivity contribution in [2.24, 2.45) is 0 Å². The number of H-pyrrole nitrogens is 1. The smallest absolute Gasteiger partial charge is 0.261 e. The largest absolute Gasteiger partial charge is 0.352 e. The van der Waals surface area contributed by atoms with E-state index in [1.807, 2.05) is 44.4 Å². The van der Waals surface area contributed by atoms with Crippen molar-refractivity contribution in [3.05, 3.63) is 58.5 Å². The molecule has 1 heterocycles. The van der Waals surface area contributed by atoms with E-state index >= 15 is 0 Å². The predicted octanol–water partition coefficient (Wildman–Crippen LogP) is 1.72. The fourth-order valence-electron chi connectivity index (χ4n) is 2.25. The molecule has 2 rings (SSSR count). The standard InChI is InChI=1S/C17H21N3O2/c1-20(2)12-6-10-18-16(21)15-14(9-11-19-17(15)22)13-7-4-3-5-8-13/h3-5,7-9,11H,6,10,12H2,1-2H3,(H,18,21)(H,19,22). The first-order valence-corrected chi connectivity index (χ1v) is 7.29. The van der Waals surface area contributed by atoms with E-state index in [2.05, 4.69) is 15.2 Å². The Kier molecular flexibility index (Phi) is 5.49. The van der Waals surface area contributed by atoms with Crippen LogP contribution in [0.4, 0.5) is 0 Å². The van der Waals surface area contributed by atoms with Gasteiger partial charge in [-0.05, 0) is 38.7 Å². The number of hydrogen-bond donors (Lipinski definition) is 2. The second-order valence-electron chi connectivity index (χ2n) is 5.37. The number of hydrogen-bond acceptors (Lipinski definition) is 3. The Hall–Kier alpha value is -2.40. The summed E-state index contributed by atoms with van der Waals surface area (Å²) in [5.74, 6) is -0.334. The fourth-order valence-corrected chi connectivity index (χ4v) is 2.25. The van der Waals surface area contributed by atoms with Gasteiger partial charge in [0.1, 0.15) is 5.56 Å². The highest BCUT2D eigenvalue weighted by Crippen LogP contribution is 2.20. The van der Waals surface area contributed by atoms with Crippen LogP contribution in [-0.2, 0) is 0 Å². The summed E-state index contributed by atoms with van der Waals surface area (Å²) in [7, 11) is 3.97. The van der Waals surface area contributed by atoms with Crippen LogP contribution in [0, 0.1) is 0 Å². The third-order valence-electron chi connectivity index (χ3n) is 3.34. The van der Waals surface area contributed by atoms with Crippen molar-refractivity contribution >= 4 is 5.91 Å². The summed E-state index contributed by atoms with van der Waals surface area (Å²) < 4.78 is 0. The Morgan fingerprint density at radius 1 is 1.18 bits per heavy atom. The number of nitrogens with zero attached hydrogens (tertiary/aromatic N) is 1. The van der Waals surface area contributed by atoms with Crippen molar-refractivity contribution in [2.75, 3.05) is 27.2 Å². The molecule has 116 valence electrons. The van der Waals surface area contributed by atoms with Crippen molar-refractivity contribution in [2.45, 2.75) is 6.42 Å². The molecule has 0 saturated heterocycles. The zero-order chi connectivity index (χ0) is 15.9. The molecule has 0 radical (unpaired) electrons. The van der Waals surface area contributed by atoms with Gasteiger partial charge in [0.2, 0.25) is 0 Å². The molecule has 1 aromatic heterocycles. The molecule has 0 spiro atoms. The van der Waals surface area contributed by atoms with Gasteiger partial charge in [0.05, 0.1) is 0 Å². The third kappa shape index (κ3) is 4.05. The monoisotopic (exact) mass is 299 g/mol. The fraction of sp³-hybridized carbons (Fsp3) is 0.294. The minimum atomic E-state index is -0.369. The van der Waals surface area contributed by atoms with E-state index in [-0.39, 0.29) is 17.0 Å². The van der Waals surface area contributed by atoms with E-state index in [0.717, 1.165) is 18.5 Å². The summed E-state index contributed by atoms with van der Waals surface area (Å²) in [5, 5.41) is 2.82. The number of aromatic amines is 1. The first kappa shape index (κ1) is 16.0. The number of rotatable bonds is 6. The van der Waals surface area contributed by atoms with Crippen LogP contribution in [0.3, 0.4) is 0 Å². The van der Waals surface area contributed by atoms with Gasteiger partial charge in [-0.25, -0.2) is 0 Å². The van der Waals surface area contributed by atoms with Gasteiger partial charge in [-0.3, -0.25) is 9.59 Å². The molecule has 22 heavy (non-hydrogen) atoms. The lowest BCUT2D eigenvalue weighted by Crippen LogP contribution is -2.32. The first-order valence-electron chi connectivity index (χ1n) is 7.29. The molecule has 0 aliphatic heterocycles. The summed E-state index contributed by atoms with van der Waals surface area (Å²) in [6.45, 7) is 1.43. The van der Waals surface area contributed by atoms with Crippen LogP contribution in [-0.4, -0.2) is 43.0 Å². The van der Waals surface area contributed by atoms with Crippen LogP contribution in [0.5, 0.6) is 0 Å². The Balaban J connectivity index is 2.20. The molecule has 1 amide bonds. The van der Waals surface area contributed by atoms with E-state index in [1.54, 1.807) is 12.3 Å². The maximum Gasteiger partial charge on any atom is 0.261 e. The molecule has 0 atom stereocenters. The number of aromatic nitrogens is 1. The van der Waals surface area contributed by atoms with Gasteiger partial charge in [0.25, 0.3) is 11.5 Å². The minimum Gasteiger partial charge on any atom is -0.352 e.